The Morgan fingerprint density at radius 3 is 2.41 bits per heavy atom. The van der Waals surface area contributed by atoms with Gasteiger partial charge in [-0.3, -0.25) is 9.21 Å². The highest BCUT2D eigenvalue weighted by Crippen LogP contribution is 2.40. The summed E-state index contributed by atoms with van der Waals surface area (Å²) in [5.41, 5.74) is 2.12. The Morgan fingerprint density at radius 1 is 0.931 bits per heavy atom. The predicted octanol–water partition coefficient (Wildman–Crippen LogP) is 4.02. The molecule has 162 valence electrons. The van der Waals surface area contributed by atoms with Crippen LogP contribution in [0.2, 0.25) is 0 Å². The number of nitrogens with zero attached hydrogens (tertiary/aromatic N) is 3. The molecule has 0 spiro atoms. The minimum Gasteiger partial charge on any atom is -0.303 e. The molecule has 3 saturated heterocycles. The summed E-state index contributed by atoms with van der Waals surface area (Å²) in [4.78, 5) is 5.09. The van der Waals surface area contributed by atoms with E-state index in [1.165, 1.54) is 67.8 Å². The lowest BCUT2D eigenvalue weighted by Crippen LogP contribution is -2.35. The van der Waals surface area contributed by atoms with Crippen molar-refractivity contribution in [1.82, 2.24) is 9.80 Å². The highest BCUT2D eigenvalue weighted by Gasteiger charge is 2.35. The topological polar surface area (TPSA) is 43.9 Å². The van der Waals surface area contributed by atoms with E-state index in [4.69, 9.17) is 0 Å². The van der Waals surface area contributed by atoms with Crippen molar-refractivity contribution in [3.8, 4) is 0 Å². The van der Waals surface area contributed by atoms with Crippen molar-refractivity contribution < 1.29 is 8.42 Å². The van der Waals surface area contributed by atoms with Crippen LogP contribution in [0.25, 0.3) is 0 Å². The number of sulfonamides is 1. The Labute approximate surface area is 177 Å². The zero-order valence-corrected chi connectivity index (χ0v) is 18.7. The van der Waals surface area contributed by atoms with E-state index >= 15 is 0 Å². The normalized spacial score (nSPS) is 26.4. The molecule has 6 heteroatoms. The number of hydrogen-bond acceptors (Lipinski definition) is 4. The van der Waals surface area contributed by atoms with Crippen LogP contribution in [0.3, 0.4) is 0 Å². The van der Waals surface area contributed by atoms with E-state index in [2.05, 4.69) is 21.9 Å². The van der Waals surface area contributed by atoms with Gasteiger partial charge in [-0.1, -0.05) is 25.0 Å². The van der Waals surface area contributed by atoms with Gasteiger partial charge in [0.2, 0.25) is 10.0 Å². The highest BCUT2D eigenvalue weighted by molar-refractivity contribution is 7.92. The lowest BCUT2D eigenvalue weighted by molar-refractivity contribution is 0.150. The van der Waals surface area contributed by atoms with E-state index in [0.29, 0.717) is 12.5 Å². The second-order valence-electron chi connectivity index (χ2n) is 9.11. The molecule has 0 bridgehead atoms. The predicted molar refractivity (Wildman–Crippen MR) is 120 cm³/mol. The van der Waals surface area contributed by atoms with Crippen LogP contribution in [0.15, 0.2) is 24.3 Å². The van der Waals surface area contributed by atoms with E-state index < -0.39 is 10.0 Å². The van der Waals surface area contributed by atoms with Gasteiger partial charge in [0.05, 0.1) is 11.4 Å². The number of anilines is 1. The summed E-state index contributed by atoms with van der Waals surface area (Å²) >= 11 is 0. The van der Waals surface area contributed by atoms with E-state index in [-0.39, 0.29) is 5.75 Å². The molecule has 0 N–H and O–H groups in total. The van der Waals surface area contributed by atoms with Crippen LogP contribution >= 0.6 is 0 Å². The summed E-state index contributed by atoms with van der Waals surface area (Å²) in [5.74, 6) is 0.222. The molecular formula is C23H37N3O2S. The van der Waals surface area contributed by atoms with Crippen LogP contribution < -0.4 is 4.31 Å². The van der Waals surface area contributed by atoms with Gasteiger partial charge in [0.1, 0.15) is 0 Å². The van der Waals surface area contributed by atoms with Gasteiger partial charge >= 0.3 is 0 Å². The van der Waals surface area contributed by atoms with Crippen LogP contribution in [-0.4, -0.2) is 63.2 Å². The molecule has 0 aliphatic carbocycles. The van der Waals surface area contributed by atoms with E-state index in [9.17, 15) is 8.42 Å². The van der Waals surface area contributed by atoms with Crippen molar-refractivity contribution in [3.63, 3.8) is 0 Å². The first-order chi connectivity index (χ1) is 14.0. The Morgan fingerprint density at radius 2 is 1.66 bits per heavy atom. The lowest BCUT2D eigenvalue weighted by Gasteiger charge is -2.34. The zero-order chi connectivity index (χ0) is 20.3. The molecule has 0 unspecified atom stereocenters. The van der Waals surface area contributed by atoms with Crippen molar-refractivity contribution in [2.75, 3.05) is 43.3 Å². The Balaban J connectivity index is 1.33. The first-order valence-electron chi connectivity index (χ1n) is 11.6. The second kappa shape index (κ2) is 9.36. The van der Waals surface area contributed by atoms with Crippen LogP contribution in [0.1, 0.15) is 69.4 Å². The molecule has 0 radical (unpaired) electrons. The fourth-order valence-corrected chi connectivity index (χ4v) is 6.69. The summed E-state index contributed by atoms with van der Waals surface area (Å²) in [6.45, 7) is 4.35. The number of fused-ring (bicyclic) bond motifs is 1. The Bertz CT molecular complexity index is 759. The number of hydrogen-bond donors (Lipinski definition) is 0. The molecule has 0 amide bonds. The fraction of sp³-hybridized carbons (Fsp3) is 0.739. The summed E-state index contributed by atoms with van der Waals surface area (Å²) in [6.07, 6.45) is 11.1. The van der Waals surface area contributed by atoms with Gasteiger partial charge in [0, 0.05) is 19.1 Å². The molecule has 4 rings (SSSR count). The SMILES string of the molecule is CN(c1ccc([C@H]2CC[C@H]3CCCCN32)cc1)S(=O)(=O)CCCN1CCCCC1. The van der Waals surface area contributed by atoms with Crippen LogP contribution in [-0.2, 0) is 10.0 Å². The summed E-state index contributed by atoms with van der Waals surface area (Å²) in [6, 6.07) is 9.56. The maximum absolute atomic E-state index is 12.8. The molecule has 3 aliphatic rings. The molecular weight excluding hydrogens is 382 g/mol. The molecule has 0 saturated carbocycles. The van der Waals surface area contributed by atoms with E-state index in [1.807, 2.05) is 12.1 Å². The number of likely N-dealkylation sites (tertiary alicyclic amines) is 1. The maximum Gasteiger partial charge on any atom is 0.234 e. The molecule has 0 aromatic heterocycles. The average Bonchev–Trinajstić information content (AvgIpc) is 3.18. The molecule has 3 heterocycles. The summed E-state index contributed by atoms with van der Waals surface area (Å²) in [5, 5.41) is 0. The molecule has 1 aromatic carbocycles. The summed E-state index contributed by atoms with van der Waals surface area (Å²) < 4.78 is 27.1. The van der Waals surface area contributed by atoms with Gasteiger partial charge in [-0.05, 0) is 88.8 Å². The van der Waals surface area contributed by atoms with Crippen molar-refractivity contribution >= 4 is 15.7 Å². The third-order valence-corrected chi connectivity index (χ3v) is 9.08. The largest absolute Gasteiger partial charge is 0.303 e. The molecule has 5 nitrogen and oxygen atoms in total. The standard InChI is InChI=1S/C23H37N3O2S/c1-24(29(27,28)19-7-17-25-15-4-2-5-16-25)21-11-9-20(10-12-21)23-14-13-22-8-3-6-18-26(22)23/h9-12,22-23H,2-8,13-19H2,1H3/t22-,23-/m1/s1. The van der Waals surface area contributed by atoms with Crippen LogP contribution in [0.4, 0.5) is 5.69 Å². The van der Waals surface area contributed by atoms with Gasteiger partial charge in [-0.15, -0.1) is 0 Å². The van der Waals surface area contributed by atoms with Crippen LogP contribution in [0, 0.1) is 0 Å². The van der Waals surface area contributed by atoms with Gasteiger partial charge in [-0.2, -0.15) is 0 Å². The van der Waals surface area contributed by atoms with Crippen molar-refractivity contribution in [2.24, 2.45) is 0 Å². The summed E-state index contributed by atoms with van der Waals surface area (Å²) in [7, 11) is -1.57. The molecule has 3 fully saturated rings. The Hall–Kier alpha value is -1.11. The van der Waals surface area contributed by atoms with Gasteiger partial charge in [-0.25, -0.2) is 8.42 Å². The first-order valence-corrected chi connectivity index (χ1v) is 13.2. The van der Waals surface area contributed by atoms with Crippen LogP contribution in [0.5, 0.6) is 0 Å². The third-order valence-electron chi connectivity index (χ3n) is 7.23. The fourth-order valence-electron chi connectivity index (χ4n) is 5.47. The van der Waals surface area contributed by atoms with E-state index in [1.54, 1.807) is 7.05 Å². The van der Waals surface area contributed by atoms with Crippen molar-refractivity contribution in [2.45, 2.75) is 69.9 Å². The lowest BCUT2D eigenvalue weighted by atomic mass is 10.0. The van der Waals surface area contributed by atoms with Crippen molar-refractivity contribution in [1.29, 1.82) is 0 Å². The molecule has 29 heavy (non-hydrogen) atoms. The monoisotopic (exact) mass is 419 g/mol. The number of rotatable bonds is 7. The second-order valence-corrected chi connectivity index (χ2v) is 11.2. The minimum absolute atomic E-state index is 0.222. The Kier molecular flexibility index (Phi) is 6.82. The zero-order valence-electron chi connectivity index (χ0n) is 17.9. The van der Waals surface area contributed by atoms with Gasteiger partial charge in [0.25, 0.3) is 0 Å². The molecule has 3 aliphatic heterocycles. The third kappa shape index (κ3) is 4.97. The first kappa shape index (κ1) is 21.1. The quantitative estimate of drug-likeness (QED) is 0.670. The van der Waals surface area contributed by atoms with E-state index in [0.717, 1.165) is 31.4 Å². The van der Waals surface area contributed by atoms with Gasteiger partial charge in [0.15, 0.2) is 0 Å². The number of piperidine rings is 2. The minimum atomic E-state index is -3.27. The smallest absolute Gasteiger partial charge is 0.234 e. The molecule has 2 atom stereocenters. The highest BCUT2D eigenvalue weighted by atomic mass is 32.2. The molecule has 1 aromatic rings. The van der Waals surface area contributed by atoms with Crippen molar-refractivity contribution in [3.05, 3.63) is 29.8 Å². The number of benzene rings is 1. The average molecular weight is 420 g/mol. The van der Waals surface area contributed by atoms with Gasteiger partial charge < -0.3 is 4.90 Å². The maximum atomic E-state index is 12.8.